The van der Waals surface area contributed by atoms with Crippen molar-refractivity contribution in [1.29, 1.82) is 0 Å². The normalized spacial score (nSPS) is 22.0. The maximum absolute atomic E-state index is 15.1. The maximum Gasteiger partial charge on any atom is 0.410 e. The minimum absolute atomic E-state index is 0.00459. The van der Waals surface area contributed by atoms with Gasteiger partial charge in [-0.25, -0.2) is 4.79 Å². The molecule has 0 radical (unpaired) electrons. The van der Waals surface area contributed by atoms with Crippen LogP contribution in [0.1, 0.15) is 73.1 Å². The first-order valence-electron chi connectivity index (χ1n) is 24.4. The number of aliphatic hydroxyl groups is 2. The minimum Gasteiger partial charge on any atom is -0.490 e. The van der Waals surface area contributed by atoms with Crippen molar-refractivity contribution in [2.75, 3.05) is 46.4 Å². The van der Waals surface area contributed by atoms with Crippen molar-refractivity contribution < 1.29 is 57.9 Å². The Hall–Kier alpha value is -6.72. The molecule has 0 aromatic heterocycles. The van der Waals surface area contributed by atoms with Crippen LogP contribution >= 0.6 is 0 Å². The molecule has 2 aliphatic carbocycles. The summed E-state index contributed by atoms with van der Waals surface area (Å²) < 4.78 is 44.2. The van der Waals surface area contributed by atoms with Crippen LogP contribution < -0.4 is 18.9 Å². The van der Waals surface area contributed by atoms with Crippen molar-refractivity contribution in [2.45, 2.75) is 82.5 Å². The van der Waals surface area contributed by atoms with E-state index in [1.165, 1.54) is 12.1 Å². The Morgan fingerprint density at radius 3 is 2.34 bits per heavy atom. The number of allylic oxidation sites excluding steroid dienone is 1. The maximum atomic E-state index is 15.1. The number of amides is 1. The summed E-state index contributed by atoms with van der Waals surface area (Å²) in [6.07, 6.45) is 9.29. The second kappa shape index (κ2) is 24.4. The summed E-state index contributed by atoms with van der Waals surface area (Å²) in [4.78, 5) is 34.0. The molecule has 6 atom stereocenters. The molecule has 8 rings (SSSR count). The molecule has 0 saturated heterocycles. The van der Waals surface area contributed by atoms with Gasteiger partial charge in [-0.3, -0.25) is 15.0 Å². The van der Waals surface area contributed by atoms with E-state index in [2.05, 4.69) is 19.2 Å². The summed E-state index contributed by atoms with van der Waals surface area (Å²) in [5, 5.41) is 36.4. The van der Waals surface area contributed by atoms with Crippen LogP contribution in [0.2, 0.25) is 0 Å². The number of carbonyl (C=O) groups is 1. The van der Waals surface area contributed by atoms with Gasteiger partial charge < -0.3 is 48.2 Å². The first-order valence-corrected chi connectivity index (χ1v) is 24.4. The highest BCUT2D eigenvalue weighted by atomic mass is 16.7. The highest BCUT2D eigenvalue weighted by Gasteiger charge is 2.65. The van der Waals surface area contributed by atoms with E-state index in [0.29, 0.717) is 53.7 Å². The van der Waals surface area contributed by atoms with Gasteiger partial charge in [-0.05, 0) is 102 Å². The van der Waals surface area contributed by atoms with Crippen LogP contribution in [0.3, 0.4) is 0 Å². The van der Waals surface area contributed by atoms with Crippen LogP contribution in [0.15, 0.2) is 133 Å². The minimum atomic E-state index is -1.58. The molecule has 376 valence electrons. The fourth-order valence-corrected chi connectivity index (χ4v) is 10.4. The van der Waals surface area contributed by atoms with Gasteiger partial charge in [-0.2, -0.15) is 0 Å². The van der Waals surface area contributed by atoms with Gasteiger partial charge in [0.2, 0.25) is 12.6 Å². The third-order valence-corrected chi connectivity index (χ3v) is 13.5. The molecule has 0 spiro atoms. The highest BCUT2D eigenvalue weighted by Crippen LogP contribution is 2.62. The van der Waals surface area contributed by atoms with Crippen molar-refractivity contribution in [3.05, 3.63) is 160 Å². The number of non-ortho nitro benzene ring substituents is 1. The Morgan fingerprint density at radius 1 is 0.845 bits per heavy atom. The Morgan fingerprint density at radius 2 is 1.58 bits per heavy atom. The van der Waals surface area contributed by atoms with Gasteiger partial charge in [0.1, 0.15) is 37.4 Å². The molecule has 0 bridgehead atoms. The predicted molar refractivity (Wildman–Crippen MR) is 264 cm³/mol. The average Bonchev–Trinajstić information content (AvgIpc) is 3.86. The summed E-state index contributed by atoms with van der Waals surface area (Å²) in [5.74, 6) is -0.228. The van der Waals surface area contributed by atoms with Crippen LogP contribution in [0.5, 0.6) is 23.0 Å². The number of ether oxygens (including phenoxy) is 7. The molecule has 2 aliphatic heterocycles. The Kier molecular flexibility index (Phi) is 17.4. The zero-order valence-electron chi connectivity index (χ0n) is 39.9. The number of aliphatic hydroxyl groups excluding tert-OH is 2. The van der Waals surface area contributed by atoms with Gasteiger partial charge in [0.25, 0.3) is 5.69 Å². The second-order valence-electron chi connectivity index (χ2n) is 18.0. The Bertz CT molecular complexity index is 2520. The van der Waals surface area contributed by atoms with E-state index in [4.69, 9.17) is 43.2 Å². The van der Waals surface area contributed by atoms with Crippen molar-refractivity contribution in [3.8, 4) is 23.0 Å². The van der Waals surface area contributed by atoms with Crippen LogP contribution in [0.25, 0.3) is 0 Å². The molecule has 1 amide bonds. The number of benzene rings is 4. The lowest BCUT2D eigenvalue weighted by molar-refractivity contribution is -0.384. The lowest BCUT2D eigenvalue weighted by Gasteiger charge is -2.59. The molecule has 6 unspecified atom stereocenters. The van der Waals surface area contributed by atoms with Gasteiger partial charge in [-0.1, -0.05) is 79.2 Å². The van der Waals surface area contributed by atoms with E-state index >= 15 is 4.79 Å². The molecule has 16 nitrogen and oxygen atoms in total. The second-order valence-corrected chi connectivity index (χ2v) is 18.0. The van der Waals surface area contributed by atoms with Gasteiger partial charge in [0.05, 0.1) is 36.4 Å². The van der Waals surface area contributed by atoms with Gasteiger partial charge >= 0.3 is 6.09 Å². The molecule has 4 aromatic rings. The molecule has 71 heavy (non-hydrogen) atoms. The number of fused-ring (bicyclic) bond motifs is 3. The number of rotatable bonds is 26. The molecule has 1 saturated carbocycles. The molecule has 4 aromatic carbocycles. The number of oxime groups is 1. The number of carbonyl (C=O) groups excluding carboxylic acids is 1. The number of nitro benzene ring substituents is 1. The largest absolute Gasteiger partial charge is 0.490 e. The summed E-state index contributed by atoms with van der Waals surface area (Å²) in [5.41, 5.74) is 4.63. The number of hydrogen-bond acceptors (Lipinski definition) is 14. The zero-order valence-corrected chi connectivity index (χ0v) is 39.9. The Labute approximate surface area is 414 Å². The first-order chi connectivity index (χ1) is 34.8. The number of nitro groups is 1. The lowest BCUT2D eigenvalue weighted by Crippen LogP contribution is -2.70. The number of unbranched alkanes of at least 4 members (excludes halogenated alkanes) is 2. The van der Waals surface area contributed by atoms with E-state index < -0.39 is 28.8 Å². The lowest BCUT2D eigenvalue weighted by atomic mass is 9.55. The van der Waals surface area contributed by atoms with Gasteiger partial charge in [0, 0.05) is 49.8 Å². The van der Waals surface area contributed by atoms with Gasteiger partial charge in [-0.15, -0.1) is 6.58 Å². The van der Waals surface area contributed by atoms with Crippen molar-refractivity contribution in [2.24, 2.45) is 22.9 Å². The van der Waals surface area contributed by atoms with Crippen molar-refractivity contribution >= 4 is 17.5 Å². The first kappa shape index (κ1) is 50.7. The molecule has 1 fully saturated rings. The standard InChI is InChI=1S/C55H63N3O13/c1-3-26-65-43-21-23-48-46(32-43)52-44(15-9-11-25-60)41(14-8-10-24-59)31-45-47(56-70-36-39-16-19-42(20-17-39)58(62)63)33-51(55(71-48,53(45)52)69-27-4-2)57(34-40-18-22-49-50(30-40)68-37-67-49)54(61)66-29-28-64-35-38-12-6-5-7-13-38/h3-7,12-13,16-23,30-32,41,44,51-53,59-60H,1-2,8-11,14-15,24-29,33-37H2. The van der Waals surface area contributed by atoms with Crippen LogP contribution in [-0.2, 0) is 38.8 Å². The van der Waals surface area contributed by atoms with Crippen LogP contribution in [0.4, 0.5) is 10.5 Å². The smallest absolute Gasteiger partial charge is 0.410 e. The molecule has 2 heterocycles. The third-order valence-electron chi connectivity index (χ3n) is 13.5. The highest BCUT2D eigenvalue weighted by molar-refractivity contribution is 6.03. The molecule has 2 N–H and O–H groups in total. The topological polar surface area (TPSA) is 190 Å². The van der Waals surface area contributed by atoms with Crippen molar-refractivity contribution in [1.82, 2.24) is 4.90 Å². The van der Waals surface area contributed by atoms with Crippen molar-refractivity contribution in [3.63, 3.8) is 0 Å². The van der Waals surface area contributed by atoms with Gasteiger partial charge in [0.15, 0.2) is 11.5 Å². The fourth-order valence-electron chi connectivity index (χ4n) is 10.4. The molecule has 16 heteroatoms. The average molecular weight is 974 g/mol. The Balaban J connectivity index is 1.27. The summed E-state index contributed by atoms with van der Waals surface area (Å²) in [6, 6.07) is 26.2. The summed E-state index contributed by atoms with van der Waals surface area (Å²) in [6.45, 7) is 8.89. The molecular weight excluding hydrogens is 911 g/mol. The van der Waals surface area contributed by atoms with E-state index in [9.17, 15) is 20.3 Å². The third kappa shape index (κ3) is 11.9. The van der Waals surface area contributed by atoms with Crippen LogP contribution in [0, 0.1) is 27.9 Å². The predicted octanol–water partition coefficient (Wildman–Crippen LogP) is 9.58. The quantitative estimate of drug-likeness (QED) is 0.0262. The number of nitrogens with zero attached hydrogens (tertiary/aromatic N) is 3. The van der Waals surface area contributed by atoms with E-state index in [1.807, 2.05) is 66.7 Å². The summed E-state index contributed by atoms with van der Waals surface area (Å²) in [7, 11) is 0. The van der Waals surface area contributed by atoms with E-state index in [0.717, 1.165) is 47.9 Å². The van der Waals surface area contributed by atoms with Crippen LogP contribution in [-0.4, -0.2) is 90.1 Å². The summed E-state index contributed by atoms with van der Waals surface area (Å²) >= 11 is 0. The van der Waals surface area contributed by atoms with E-state index in [-0.39, 0.29) is 89.4 Å². The monoisotopic (exact) mass is 973 g/mol. The molecular formula is C55H63N3O13. The zero-order chi connectivity index (χ0) is 49.6. The fraction of sp³-hybridized carbons (Fsp3) is 0.418. The SMILES string of the molecule is C=CCOc1ccc2c(c1)C1C(CCCCO)C(CCCCO)C=C3C(=NOCc4ccc([N+](=O)[O-])cc4)CC(N(Cc4ccc5c(c4)OCO5)C(=O)OCCOCc4ccccc4)C(OCC=C)(O2)C31. The molecule has 4 aliphatic rings. The van der Waals surface area contributed by atoms with E-state index in [1.54, 1.807) is 29.2 Å². The number of hydrogen-bond donors (Lipinski definition) is 2.